The third kappa shape index (κ3) is 1.81. The molecule has 88 valence electrons. The Kier molecular flexibility index (Phi) is 2.66. The molecular weight excluding hydrogens is 227 g/mol. The van der Waals surface area contributed by atoms with Crippen LogP contribution in [-0.4, -0.2) is 17.4 Å². The summed E-state index contributed by atoms with van der Waals surface area (Å²) in [5.74, 6) is 0.472. The van der Waals surface area contributed by atoms with E-state index in [1.54, 1.807) is 6.07 Å². The Morgan fingerprint density at radius 1 is 0.778 bits per heavy atom. The molecule has 0 atom stereocenters. The lowest BCUT2D eigenvalue weighted by Crippen LogP contribution is -2.20. The predicted octanol–water partition coefficient (Wildman–Crippen LogP) is 2.34. The summed E-state index contributed by atoms with van der Waals surface area (Å²) < 4.78 is 5.05. The Hall–Kier alpha value is -2.04. The van der Waals surface area contributed by atoms with Crippen LogP contribution >= 0.6 is 0 Å². The van der Waals surface area contributed by atoms with E-state index in [4.69, 9.17) is 14.7 Å². The Morgan fingerprint density at radius 2 is 1.50 bits per heavy atom. The number of hydrogen-bond acceptors (Lipinski definition) is 3. The fourth-order valence-corrected chi connectivity index (χ4v) is 2.24. The average Bonchev–Trinajstić information content (AvgIpc) is 2.38. The molecule has 0 aromatic heterocycles. The van der Waals surface area contributed by atoms with Crippen LogP contribution in [0.5, 0.6) is 5.75 Å². The van der Waals surface area contributed by atoms with Crippen molar-refractivity contribution >= 4 is 28.9 Å². The van der Waals surface area contributed by atoms with E-state index in [1.165, 1.54) is 0 Å². The van der Waals surface area contributed by atoms with E-state index in [1.807, 2.05) is 48.5 Å². The van der Waals surface area contributed by atoms with E-state index in [-0.39, 0.29) is 0 Å². The summed E-state index contributed by atoms with van der Waals surface area (Å²) in [5.41, 5.74) is 0. The van der Waals surface area contributed by atoms with Gasteiger partial charge in [-0.1, -0.05) is 48.5 Å². The lowest BCUT2D eigenvalue weighted by atomic mass is 10.0. The molecule has 0 aliphatic heterocycles. The summed E-state index contributed by atoms with van der Waals surface area (Å²) >= 11 is 0. The van der Waals surface area contributed by atoms with E-state index in [9.17, 15) is 0 Å². The maximum atomic E-state index is 8.97. The minimum Gasteiger partial charge on any atom is -0.511 e. The molecule has 3 nitrogen and oxygen atoms in total. The van der Waals surface area contributed by atoms with Gasteiger partial charge in [-0.3, -0.25) is 0 Å². The Morgan fingerprint density at radius 3 is 2.33 bits per heavy atom. The van der Waals surface area contributed by atoms with E-state index in [0.29, 0.717) is 5.75 Å². The predicted molar refractivity (Wildman–Crippen MR) is 72.3 cm³/mol. The Labute approximate surface area is 104 Å². The number of hydrogen-bond donors (Lipinski definition) is 2. The van der Waals surface area contributed by atoms with Gasteiger partial charge in [-0.25, -0.2) is 0 Å². The molecule has 0 bridgehead atoms. The molecule has 18 heavy (non-hydrogen) atoms. The lowest BCUT2D eigenvalue weighted by Gasteiger charge is -2.11. The molecule has 0 spiro atoms. The summed E-state index contributed by atoms with van der Waals surface area (Å²) in [6.45, 7) is 0. The first-order valence-electron chi connectivity index (χ1n) is 5.69. The van der Waals surface area contributed by atoms with Crippen LogP contribution in [0.2, 0.25) is 0 Å². The second kappa shape index (κ2) is 4.33. The van der Waals surface area contributed by atoms with Gasteiger partial charge in [0.1, 0.15) is 5.75 Å². The van der Waals surface area contributed by atoms with Crippen molar-refractivity contribution in [3.8, 4) is 5.75 Å². The van der Waals surface area contributed by atoms with Crippen molar-refractivity contribution in [2.75, 3.05) is 0 Å². The lowest BCUT2D eigenvalue weighted by molar-refractivity contribution is 0.289. The summed E-state index contributed by atoms with van der Waals surface area (Å²) in [5, 5.41) is 22.0. The largest absolute Gasteiger partial charge is 0.707 e. The zero-order chi connectivity index (χ0) is 12.5. The molecule has 0 radical (unpaired) electrons. The summed E-state index contributed by atoms with van der Waals surface area (Å²) in [7, 11) is -1.81. The molecule has 0 aliphatic rings. The zero-order valence-electron chi connectivity index (χ0n) is 9.58. The highest BCUT2D eigenvalue weighted by Crippen LogP contribution is 2.32. The fraction of sp³-hybridized carbons (Fsp3) is 0. The summed E-state index contributed by atoms with van der Waals surface area (Å²) in [4.78, 5) is 0. The molecule has 3 aromatic carbocycles. The van der Waals surface area contributed by atoms with Crippen LogP contribution in [0.15, 0.2) is 54.6 Å². The van der Waals surface area contributed by atoms with Crippen LogP contribution < -0.4 is 4.65 Å². The van der Waals surface area contributed by atoms with Crippen molar-refractivity contribution in [1.29, 1.82) is 0 Å². The van der Waals surface area contributed by atoms with Crippen LogP contribution in [0, 0.1) is 0 Å². The molecule has 0 amide bonds. The van der Waals surface area contributed by atoms with E-state index < -0.39 is 7.32 Å². The standard InChI is InChI=1S/C14H11BO3/c16-15(17)18-13-7-3-5-11-9-8-10-4-1-2-6-12(10)14(11)13/h1-9,16-17H. The topological polar surface area (TPSA) is 49.7 Å². The van der Waals surface area contributed by atoms with Crippen LogP contribution in [-0.2, 0) is 0 Å². The highest BCUT2D eigenvalue weighted by Gasteiger charge is 2.14. The molecule has 0 unspecified atom stereocenters. The second-order valence-electron chi connectivity index (χ2n) is 4.09. The quantitative estimate of drug-likeness (QED) is 0.532. The smallest absolute Gasteiger partial charge is 0.511 e. The molecule has 0 saturated heterocycles. The number of benzene rings is 3. The third-order valence-corrected chi connectivity index (χ3v) is 2.96. The van der Waals surface area contributed by atoms with Gasteiger partial charge >= 0.3 is 7.32 Å². The monoisotopic (exact) mass is 238 g/mol. The van der Waals surface area contributed by atoms with Gasteiger partial charge in [0.2, 0.25) is 0 Å². The zero-order valence-corrected chi connectivity index (χ0v) is 9.58. The molecule has 0 fully saturated rings. The van der Waals surface area contributed by atoms with Crippen molar-refractivity contribution in [3.05, 3.63) is 54.6 Å². The maximum Gasteiger partial charge on any atom is 0.707 e. The van der Waals surface area contributed by atoms with Crippen molar-refractivity contribution < 1.29 is 14.7 Å². The number of fused-ring (bicyclic) bond motifs is 3. The van der Waals surface area contributed by atoms with Gasteiger partial charge in [-0.15, -0.1) is 0 Å². The molecule has 4 heteroatoms. The first kappa shape index (κ1) is 11.1. The van der Waals surface area contributed by atoms with Crippen molar-refractivity contribution in [3.63, 3.8) is 0 Å². The van der Waals surface area contributed by atoms with Gasteiger partial charge in [0.15, 0.2) is 0 Å². The molecule has 0 saturated carbocycles. The normalized spacial score (nSPS) is 10.8. The van der Waals surface area contributed by atoms with Gasteiger partial charge in [-0.05, 0) is 22.2 Å². The number of rotatable bonds is 2. The van der Waals surface area contributed by atoms with Crippen LogP contribution in [0.4, 0.5) is 0 Å². The molecule has 0 aliphatic carbocycles. The maximum absolute atomic E-state index is 8.97. The van der Waals surface area contributed by atoms with Crippen LogP contribution in [0.25, 0.3) is 21.5 Å². The Bertz CT molecular complexity index is 710. The third-order valence-electron chi connectivity index (χ3n) is 2.96. The minimum atomic E-state index is -1.81. The van der Waals surface area contributed by atoms with Crippen molar-refractivity contribution in [2.45, 2.75) is 0 Å². The van der Waals surface area contributed by atoms with Gasteiger partial charge in [-0.2, -0.15) is 0 Å². The summed E-state index contributed by atoms with van der Waals surface area (Å²) in [6.07, 6.45) is 0. The van der Waals surface area contributed by atoms with Gasteiger partial charge < -0.3 is 14.7 Å². The Balaban J connectivity index is 2.39. The van der Waals surface area contributed by atoms with Crippen molar-refractivity contribution in [1.82, 2.24) is 0 Å². The molecular formula is C14H11BO3. The first-order chi connectivity index (χ1) is 8.75. The van der Waals surface area contributed by atoms with Gasteiger partial charge in [0.25, 0.3) is 0 Å². The minimum absolute atomic E-state index is 0.472. The second-order valence-corrected chi connectivity index (χ2v) is 4.09. The molecule has 2 N–H and O–H groups in total. The van der Waals surface area contributed by atoms with Crippen molar-refractivity contribution in [2.24, 2.45) is 0 Å². The molecule has 3 aromatic rings. The van der Waals surface area contributed by atoms with E-state index >= 15 is 0 Å². The van der Waals surface area contributed by atoms with Crippen LogP contribution in [0.3, 0.4) is 0 Å². The van der Waals surface area contributed by atoms with Crippen LogP contribution in [0.1, 0.15) is 0 Å². The van der Waals surface area contributed by atoms with E-state index in [2.05, 4.69) is 0 Å². The fourth-order valence-electron chi connectivity index (χ4n) is 2.24. The van der Waals surface area contributed by atoms with Gasteiger partial charge in [0.05, 0.1) is 0 Å². The summed E-state index contributed by atoms with van der Waals surface area (Å²) in [6, 6.07) is 17.5. The van der Waals surface area contributed by atoms with E-state index in [0.717, 1.165) is 21.5 Å². The first-order valence-corrected chi connectivity index (χ1v) is 5.69. The molecule has 3 rings (SSSR count). The highest BCUT2D eigenvalue weighted by atomic mass is 16.6. The SMILES string of the molecule is OB(O)Oc1cccc2ccc3ccccc3c12. The highest BCUT2D eigenvalue weighted by molar-refractivity contribution is 6.34. The molecule has 0 heterocycles. The average molecular weight is 238 g/mol. The van der Waals surface area contributed by atoms with Gasteiger partial charge in [0, 0.05) is 5.39 Å².